The summed E-state index contributed by atoms with van der Waals surface area (Å²) in [4.78, 5) is 22.3. The fourth-order valence-corrected chi connectivity index (χ4v) is 5.12. The first-order valence-corrected chi connectivity index (χ1v) is 13.2. The average molecular weight is 552 g/mol. The summed E-state index contributed by atoms with van der Waals surface area (Å²) in [6, 6.07) is 10.9. The van der Waals surface area contributed by atoms with Gasteiger partial charge in [0.05, 0.1) is 21.3 Å². The van der Waals surface area contributed by atoms with Crippen LogP contribution in [0.25, 0.3) is 6.08 Å². The van der Waals surface area contributed by atoms with Crippen molar-refractivity contribution < 1.29 is 27.8 Å². The van der Waals surface area contributed by atoms with Gasteiger partial charge in [0.1, 0.15) is 11.6 Å². The van der Waals surface area contributed by atoms with Crippen molar-refractivity contribution in [3.05, 3.63) is 88.8 Å². The number of hydrogen-bond donors (Lipinski definition) is 0. The minimum absolute atomic E-state index is 0.134. The van der Waals surface area contributed by atoms with Crippen LogP contribution in [0, 0.1) is 11.6 Å². The van der Waals surface area contributed by atoms with E-state index in [4.69, 9.17) is 14.2 Å². The molecule has 0 spiro atoms. The van der Waals surface area contributed by atoms with E-state index in [0.717, 1.165) is 43.1 Å². The predicted molar refractivity (Wildman–Crippen MR) is 150 cm³/mol. The molecule has 0 saturated carbocycles. The summed E-state index contributed by atoms with van der Waals surface area (Å²) in [7, 11) is 4.51. The average Bonchev–Trinajstić information content (AvgIpc) is 3.39. The van der Waals surface area contributed by atoms with Crippen LogP contribution in [0.4, 0.5) is 8.78 Å². The molecule has 212 valence electrons. The highest BCUT2D eigenvalue weighted by atomic mass is 19.1. The van der Waals surface area contributed by atoms with Gasteiger partial charge in [0.15, 0.2) is 11.5 Å². The van der Waals surface area contributed by atoms with Crippen molar-refractivity contribution in [3.63, 3.8) is 0 Å². The normalized spacial score (nSPS) is 15.7. The molecule has 7 nitrogen and oxygen atoms in total. The Morgan fingerprint density at radius 1 is 1.05 bits per heavy atom. The van der Waals surface area contributed by atoms with E-state index in [0.29, 0.717) is 29.4 Å². The summed E-state index contributed by atoms with van der Waals surface area (Å²) in [6.07, 6.45) is 7.18. The van der Waals surface area contributed by atoms with Crippen LogP contribution in [0.2, 0.25) is 0 Å². The fourth-order valence-electron chi connectivity index (χ4n) is 5.12. The van der Waals surface area contributed by atoms with Crippen LogP contribution in [0.3, 0.4) is 0 Å². The highest BCUT2D eigenvalue weighted by Gasteiger charge is 2.30. The van der Waals surface area contributed by atoms with Crippen molar-refractivity contribution in [2.75, 3.05) is 41.0 Å². The Morgan fingerprint density at radius 2 is 1.75 bits per heavy atom. The van der Waals surface area contributed by atoms with Crippen molar-refractivity contribution in [1.82, 2.24) is 14.8 Å². The molecule has 1 amide bonds. The molecule has 3 aromatic rings. The number of pyridine rings is 1. The van der Waals surface area contributed by atoms with Gasteiger partial charge >= 0.3 is 0 Å². The summed E-state index contributed by atoms with van der Waals surface area (Å²) in [5.74, 6) is -0.349. The van der Waals surface area contributed by atoms with Gasteiger partial charge in [-0.15, -0.1) is 0 Å². The maximum absolute atomic E-state index is 14.4. The van der Waals surface area contributed by atoms with E-state index in [1.54, 1.807) is 35.5 Å². The summed E-state index contributed by atoms with van der Waals surface area (Å²) in [5, 5.41) is 0. The SMILES string of the molecule is COc1cc(C(=O)N(CC(C)=Cc2ccc(F)cc2F)CC2CCCN2Cc2ccncc2)cc(OC)c1OC. The number of aromatic nitrogens is 1. The van der Waals surface area contributed by atoms with Crippen LogP contribution < -0.4 is 14.2 Å². The molecular formula is C31H35F2N3O4. The molecule has 1 unspecified atom stereocenters. The number of methoxy groups -OCH3 is 3. The first kappa shape index (κ1) is 29.0. The summed E-state index contributed by atoms with van der Waals surface area (Å²) < 4.78 is 44.2. The summed E-state index contributed by atoms with van der Waals surface area (Å²) in [5.41, 5.74) is 2.56. The molecule has 40 heavy (non-hydrogen) atoms. The van der Waals surface area contributed by atoms with Gasteiger partial charge in [0.25, 0.3) is 5.91 Å². The number of ether oxygens (including phenoxy) is 3. The number of carbonyl (C=O) groups excluding carboxylic acids is 1. The van der Waals surface area contributed by atoms with Crippen LogP contribution in [-0.2, 0) is 6.54 Å². The molecule has 1 fully saturated rings. The number of hydrogen-bond acceptors (Lipinski definition) is 6. The second-order valence-corrected chi connectivity index (χ2v) is 9.88. The number of rotatable bonds is 11. The van der Waals surface area contributed by atoms with E-state index < -0.39 is 11.6 Å². The lowest BCUT2D eigenvalue weighted by atomic mass is 10.1. The first-order chi connectivity index (χ1) is 19.3. The van der Waals surface area contributed by atoms with E-state index in [1.165, 1.54) is 33.5 Å². The maximum Gasteiger partial charge on any atom is 0.254 e. The van der Waals surface area contributed by atoms with Crippen LogP contribution in [0.15, 0.2) is 60.4 Å². The minimum Gasteiger partial charge on any atom is -0.493 e. The number of likely N-dealkylation sites (tertiary alicyclic amines) is 1. The molecule has 1 aliphatic rings. The van der Waals surface area contributed by atoms with E-state index in [9.17, 15) is 13.6 Å². The Kier molecular flexibility index (Phi) is 9.71. The molecule has 1 atom stereocenters. The lowest BCUT2D eigenvalue weighted by Crippen LogP contribution is -2.43. The molecule has 1 aliphatic heterocycles. The van der Waals surface area contributed by atoms with Gasteiger partial charge in [-0.1, -0.05) is 11.6 Å². The fraction of sp³-hybridized carbons (Fsp3) is 0.355. The molecule has 2 aromatic carbocycles. The van der Waals surface area contributed by atoms with Crippen LogP contribution in [0.5, 0.6) is 17.2 Å². The largest absolute Gasteiger partial charge is 0.493 e. The monoisotopic (exact) mass is 551 g/mol. The summed E-state index contributed by atoms with van der Waals surface area (Å²) in [6.45, 7) is 4.25. The molecule has 0 radical (unpaired) electrons. The third-order valence-corrected chi connectivity index (χ3v) is 7.07. The Balaban J connectivity index is 1.64. The van der Waals surface area contributed by atoms with Gasteiger partial charge in [-0.25, -0.2) is 8.78 Å². The third-order valence-electron chi connectivity index (χ3n) is 7.07. The van der Waals surface area contributed by atoms with Gasteiger partial charge < -0.3 is 19.1 Å². The van der Waals surface area contributed by atoms with Crippen molar-refractivity contribution in [1.29, 1.82) is 0 Å². The highest BCUT2D eigenvalue weighted by Crippen LogP contribution is 2.38. The molecule has 0 N–H and O–H groups in total. The number of nitrogens with zero attached hydrogens (tertiary/aromatic N) is 3. The van der Waals surface area contributed by atoms with Crippen molar-refractivity contribution in [2.45, 2.75) is 32.4 Å². The quantitative estimate of drug-likeness (QED) is 0.309. The van der Waals surface area contributed by atoms with E-state index in [2.05, 4.69) is 9.88 Å². The van der Waals surface area contributed by atoms with E-state index in [1.807, 2.05) is 19.1 Å². The Labute approximate surface area is 234 Å². The van der Waals surface area contributed by atoms with Crippen molar-refractivity contribution in [2.24, 2.45) is 0 Å². The van der Waals surface area contributed by atoms with Gasteiger partial charge in [0, 0.05) is 55.3 Å². The Morgan fingerprint density at radius 3 is 2.38 bits per heavy atom. The molecular weight excluding hydrogens is 516 g/mol. The van der Waals surface area contributed by atoms with Gasteiger partial charge in [-0.05, 0) is 68.3 Å². The van der Waals surface area contributed by atoms with Crippen LogP contribution >= 0.6 is 0 Å². The zero-order valence-corrected chi connectivity index (χ0v) is 23.3. The van der Waals surface area contributed by atoms with Gasteiger partial charge in [-0.2, -0.15) is 0 Å². The second-order valence-electron chi connectivity index (χ2n) is 9.88. The Bertz CT molecular complexity index is 1320. The lowest BCUT2D eigenvalue weighted by Gasteiger charge is -2.31. The third kappa shape index (κ3) is 6.96. The number of benzene rings is 2. The number of carbonyl (C=O) groups is 1. The van der Waals surface area contributed by atoms with E-state index in [-0.39, 0.29) is 24.1 Å². The van der Waals surface area contributed by atoms with E-state index >= 15 is 0 Å². The molecule has 9 heteroatoms. The molecule has 0 aliphatic carbocycles. The minimum atomic E-state index is -0.652. The van der Waals surface area contributed by atoms with Crippen LogP contribution in [-0.4, -0.2) is 67.7 Å². The smallest absolute Gasteiger partial charge is 0.254 e. The standard InChI is InChI=1S/C31H35F2N3O4/c1-21(14-23-7-8-25(32)17-27(23)33)18-36(20-26-6-5-13-35(26)19-22-9-11-34-12-10-22)31(37)24-15-28(38-2)30(40-4)29(16-24)39-3/h7-12,14-17,26H,5-6,13,18-20H2,1-4H3. The zero-order chi connectivity index (χ0) is 28.6. The number of halogens is 2. The first-order valence-electron chi connectivity index (χ1n) is 13.2. The van der Waals surface area contributed by atoms with Crippen molar-refractivity contribution in [3.8, 4) is 17.2 Å². The number of amides is 1. The molecule has 1 saturated heterocycles. The molecule has 2 heterocycles. The molecule has 4 rings (SSSR count). The van der Waals surface area contributed by atoms with Gasteiger partial charge in [0.2, 0.25) is 5.75 Å². The lowest BCUT2D eigenvalue weighted by molar-refractivity contribution is 0.0718. The molecule has 1 aromatic heterocycles. The highest BCUT2D eigenvalue weighted by molar-refractivity contribution is 5.96. The topological polar surface area (TPSA) is 64.1 Å². The molecule has 0 bridgehead atoms. The second kappa shape index (κ2) is 13.4. The summed E-state index contributed by atoms with van der Waals surface area (Å²) >= 11 is 0. The predicted octanol–water partition coefficient (Wildman–Crippen LogP) is 5.60. The Hall–Kier alpha value is -3.98. The zero-order valence-electron chi connectivity index (χ0n) is 23.3. The van der Waals surface area contributed by atoms with Crippen LogP contribution in [0.1, 0.15) is 41.3 Å². The van der Waals surface area contributed by atoms with Gasteiger partial charge in [-0.3, -0.25) is 14.7 Å². The maximum atomic E-state index is 14.4. The van der Waals surface area contributed by atoms with Crippen molar-refractivity contribution >= 4 is 12.0 Å².